The van der Waals surface area contributed by atoms with E-state index >= 15 is 4.39 Å². The number of phenols is 1. The SMILES string of the molecule is O=C1CCCN1CCOc1nc(N2CC3CCC(C2)N3)c2ccc(-c3cc(O)cc4ccccc34)c(F)c2n1. The molecule has 0 aliphatic carbocycles. The lowest BCUT2D eigenvalue weighted by atomic mass is 9.96. The van der Waals surface area contributed by atoms with Crippen LogP contribution < -0.4 is 15.0 Å². The highest BCUT2D eigenvalue weighted by atomic mass is 19.1. The molecule has 2 unspecified atom stereocenters. The molecule has 3 fully saturated rings. The predicted octanol–water partition coefficient (Wildman–Crippen LogP) is 4.24. The fourth-order valence-electron chi connectivity index (χ4n) is 6.31. The number of benzene rings is 3. The van der Waals surface area contributed by atoms with Gasteiger partial charge in [0.1, 0.15) is 23.7 Å². The molecule has 2 N–H and O–H groups in total. The van der Waals surface area contributed by atoms with Crippen molar-refractivity contribution >= 4 is 33.4 Å². The van der Waals surface area contributed by atoms with Gasteiger partial charge in [-0.25, -0.2) is 4.39 Å². The number of aromatic hydroxyl groups is 1. The minimum absolute atomic E-state index is 0.0725. The second kappa shape index (κ2) is 9.64. The number of nitrogens with zero attached hydrogens (tertiary/aromatic N) is 4. The zero-order chi connectivity index (χ0) is 26.5. The highest BCUT2D eigenvalue weighted by Crippen LogP contribution is 2.38. The van der Waals surface area contributed by atoms with Gasteiger partial charge in [-0.1, -0.05) is 30.3 Å². The highest BCUT2D eigenvalue weighted by Gasteiger charge is 2.34. The van der Waals surface area contributed by atoms with Crippen LogP contribution in [-0.4, -0.2) is 70.8 Å². The number of carbonyl (C=O) groups is 1. The number of phenolic OH excluding ortho intramolecular Hbond substituents is 1. The second-order valence-corrected chi connectivity index (χ2v) is 10.7. The van der Waals surface area contributed by atoms with Crippen LogP contribution in [-0.2, 0) is 4.79 Å². The van der Waals surface area contributed by atoms with Crippen molar-refractivity contribution in [1.29, 1.82) is 0 Å². The lowest BCUT2D eigenvalue weighted by Gasteiger charge is -2.34. The second-order valence-electron chi connectivity index (χ2n) is 10.7. The van der Waals surface area contributed by atoms with Crippen molar-refractivity contribution in [2.75, 3.05) is 37.7 Å². The third-order valence-corrected chi connectivity index (χ3v) is 8.18. The zero-order valence-corrected chi connectivity index (χ0v) is 21.6. The fourth-order valence-corrected chi connectivity index (χ4v) is 6.31. The number of hydrogen-bond acceptors (Lipinski definition) is 7. The van der Waals surface area contributed by atoms with Crippen LogP contribution in [0.15, 0.2) is 48.5 Å². The molecule has 7 rings (SSSR count). The van der Waals surface area contributed by atoms with Crippen LogP contribution in [0.3, 0.4) is 0 Å². The van der Waals surface area contributed by atoms with E-state index in [1.54, 1.807) is 23.1 Å². The average molecular weight is 528 g/mol. The number of amides is 1. The average Bonchev–Trinajstić information content (AvgIpc) is 3.51. The molecule has 2 atom stereocenters. The number of rotatable bonds is 6. The smallest absolute Gasteiger partial charge is 0.319 e. The lowest BCUT2D eigenvalue weighted by molar-refractivity contribution is -0.128. The largest absolute Gasteiger partial charge is 0.508 e. The molecule has 2 bridgehead atoms. The van der Waals surface area contributed by atoms with Gasteiger partial charge in [-0.15, -0.1) is 0 Å². The van der Waals surface area contributed by atoms with Gasteiger partial charge < -0.3 is 25.0 Å². The maximum Gasteiger partial charge on any atom is 0.319 e. The van der Waals surface area contributed by atoms with Gasteiger partial charge in [-0.3, -0.25) is 4.79 Å². The Bertz CT molecular complexity index is 1580. The first kappa shape index (κ1) is 24.1. The maximum absolute atomic E-state index is 16.4. The van der Waals surface area contributed by atoms with Crippen LogP contribution in [0.5, 0.6) is 11.8 Å². The van der Waals surface area contributed by atoms with Gasteiger partial charge >= 0.3 is 6.01 Å². The molecule has 0 radical (unpaired) electrons. The minimum atomic E-state index is -0.482. The first-order chi connectivity index (χ1) is 19.0. The molecule has 1 amide bonds. The molecular weight excluding hydrogens is 497 g/mol. The number of halogens is 1. The van der Waals surface area contributed by atoms with Crippen LogP contribution in [0.2, 0.25) is 0 Å². The van der Waals surface area contributed by atoms with Crippen LogP contribution in [0, 0.1) is 5.82 Å². The van der Waals surface area contributed by atoms with E-state index in [-0.39, 0.29) is 29.8 Å². The first-order valence-corrected chi connectivity index (χ1v) is 13.7. The molecule has 3 aliphatic rings. The summed E-state index contributed by atoms with van der Waals surface area (Å²) in [6.07, 6.45) is 3.65. The Kier molecular flexibility index (Phi) is 5.96. The minimum Gasteiger partial charge on any atom is -0.508 e. The normalized spacial score (nSPS) is 20.9. The number of aromatic nitrogens is 2. The summed E-state index contributed by atoms with van der Waals surface area (Å²) in [5, 5.41) is 16.3. The molecule has 1 aromatic heterocycles. The van der Waals surface area contributed by atoms with E-state index < -0.39 is 5.82 Å². The summed E-state index contributed by atoms with van der Waals surface area (Å²) in [4.78, 5) is 25.3. The molecule has 9 heteroatoms. The van der Waals surface area contributed by atoms with Crippen molar-refractivity contribution in [2.24, 2.45) is 0 Å². The third kappa shape index (κ3) is 4.40. The van der Waals surface area contributed by atoms with Gasteiger partial charge in [0, 0.05) is 49.1 Å². The van der Waals surface area contributed by atoms with Crippen molar-refractivity contribution < 1.29 is 19.0 Å². The number of hydrogen-bond donors (Lipinski definition) is 2. The maximum atomic E-state index is 16.4. The number of fused-ring (bicyclic) bond motifs is 4. The monoisotopic (exact) mass is 527 g/mol. The molecule has 4 heterocycles. The molecule has 200 valence electrons. The van der Waals surface area contributed by atoms with Crippen LogP contribution in [0.25, 0.3) is 32.8 Å². The predicted molar refractivity (Wildman–Crippen MR) is 148 cm³/mol. The van der Waals surface area contributed by atoms with E-state index in [2.05, 4.69) is 15.2 Å². The zero-order valence-electron chi connectivity index (χ0n) is 21.6. The van der Waals surface area contributed by atoms with Gasteiger partial charge in [0.2, 0.25) is 5.91 Å². The number of likely N-dealkylation sites (tertiary alicyclic amines) is 1. The standard InChI is InChI=1S/C30H30FN5O3/c31-27-23(25-15-21(37)14-18-4-1-2-5-22(18)25)9-10-24-28(27)33-30(39-13-12-35-11-3-6-26(35)38)34-29(24)36-16-19-7-8-20(17-36)32-19/h1-2,4-5,9-10,14-15,19-20,32,37H,3,6-8,11-13,16-17H2. The van der Waals surface area contributed by atoms with Gasteiger partial charge in [-0.2, -0.15) is 9.97 Å². The number of ether oxygens (including phenoxy) is 1. The molecule has 0 spiro atoms. The molecule has 4 aromatic rings. The summed E-state index contributed by atoms with van der Waals surface area (Å²) in [6.45, 7) is 2.98. The van der Waals surface area contributed by atoms with Crippen molar-refractivity contribution in [1.82, 2.24) is 20.2 Å². The number of piperazine rings is 1. The molecule has 3 aliphatic heterocycles. The quantitative estimate of drug-likeness (QED) is 0.388. The van der Waals surface area contributed by atoms with E-state index in [1.807, 2.05) is 30.3 Å². The Labute approximate surface area is 225 Å². The number of nitrogens with one attached hydrogen (secondary N) is 1. The van der Waals surface area contributed by atoms with Crippen molar-refractivity contribution in [2.45, 2.75) is 37.8 Å². The summed E-state index contributed by atoms with van der Waals surface area (Å²) < 4.78 is 22.4. The summed E-state index contributed by atoms with van der Waals surface area (Å²) in [5.74, 6) is 0.383. The molecule has 3 aromatic carbocycles. The molecule has 0 saturated carbocycles. The van der Waals surface area contributed by atoms with E-state index in [0.29, 0.717) is 47.4 Å². The van der Waals surface area contributed by atoms with Crippen LogP contribution in [0.4, 0.5) is 10.2 Å². The Morgan fingerprint density at radius 2 is 1.85 bits per heavy atom. The third-order valence-electron chi connectivity index (χ3n) is 8.18. The summed E-state index contributed by atoms with van der Waals surface area (Å²) in [6, 6.07) is 15.4. The van der Waals surface area contributed by atoms with E-state index in [9.17, 15) is 9.90 Å². The van der Waals surface area contributed by atoms with Gasteiger partial charge in [0.25, 0.3) is 0 Å². The van der Waals surface area contributed by atoms with Gasteiger partial charge in [0.15, 0.2) is 5.82 Å². The number of carbonyl (C=O) groups excluding carboxylic acids is 1. The number of anilines is 1. The first-order valence-electron chi connectivity index (χ1n) is 13.7. The lowest BCUT2D eigenvalue weighted by Crippen LogP contribution is -2.51. The fraction of sp³-hybridized carbons (Fsp3) is 0.367. The highest BCUT2D eigenvalue weighted by molar-refractivity contribution is 6.01. The van der Waals surface area contributed by atoms with Crippen LogP contribution >= 0.6 is 0 Å². The van der Waals surface area contributed by atoms with Gasteiger partial charge in [-0.05, 0) is 53.8 Å². The van der Waals surface area contributed by atoms with E-state index in [1.165, 1.54) is 0 Å². The summed E-state index contributed by atoms with van der Waals surface area (Å²) >= 11 is 0. The Balaban J connectivity index is 1.32. The Hall–Kier alpha value is -3.98. The van der Waals surface area contributed by atoms with E-state index in [4.69, 9.17) is 9.72 Å². The Morgan fingerprint density at radius 3 is 2.64 bits per heavy atom. The van der Waals surface area contributed by atoms with Crippen molar-refractivity contribution in [3.8, 4) is 22.9 Å². The summed E-state index contributed by atoms with van der Waals surface area (Å²) in [7, 11) is 0. The molecule has 8 nitrogen and oxygen atoms in total. The van der Waals surface area contributed by atoms with Crippen LogP contribution in [0.1, 0.15) is 25.7 Å². The van der Waals surface area contributed by atoms with Crippen molar-refractivity contribution in [3.63, 3.8) is 0 Å². The van der Waals surface area contributed by atoms with Crippen molar-refractivity contribution in [3.05, 3.63) is 54.3 Å². The summed E-state index contributed by atoms with van der Waals surface area (Å²) in [5.41, 5.74) is 1.14. The molecule has 3 saturated heterocycles. The molecule has 39 heavy (non-hydrogen) atoms. The van der Waals surface area contributed by atoms with E-state index in [0.717, 1.165) is 49.7 Å². The topological polar surface area (TPSA) is 90.8 Å². The Morgan fingerprint density at radius 1 is 1.03 bits per heavy atom. The van der Waals surface area contributed by atoms with Gasteiger partial charge in [0.05, 0.1) is 6.54 Å². The molecular formula is C30H30FN5O3.